The molecule has 0 radical (unpaired) electrons. The van der Waals surface area contributed by atoms with Gasteiger partial charge < -0.3 is 9.32 Å². The van der Waals surface area contributed by atoms with E-state index < -0.39 is 0 Å². The fourth-order valence-corrected chi connectivity index (χ4v) is 3.18. The van der Waals surface area contributed by atoms with Gasteiger partial charge in [0, 0.05) is 23.3 Å². The molecule has 0 atom stereocenters. The Morgan fingerprint density at radius 1 is 1.28 bits per heavy atom. The van der Waals surface area contributed by atoms with Crippen LogP contribution in [-0.4, -0.2) is 23.2 Å². The molecular weight excluding hydrogens is 358 g/mol. The molecule has 0 N–H and O–H groups in total. The summed E-state index contributed by atoms with van der Waals surface area (Å²) in [6, 6.07) is 16.6. The first kappa shape index (κ1) is 17.3. The van der Waals surface area contributed by atoms with E-state index in [1.807, 2.05) is 30.3 Å². The van der Waals surface area contributed by atoms with Crippen LogP contribution in [0.15, 0.2) is 58.2 Å². The second kappa shape index (κ2) is 8.06. The monoisotopic (exact) mass is 371 g/mol. The largest absolute Gasteiger partial charge is 0.431 e. The molecule has 0 saturated heterocycles. The second-order valence-corrected chi connectivity index (χ2v) is 6.53. The predicted octanol–water partition coefficient (Wildman–Crippen LogP) is 4.52. The van der Waals surface area contributed by atoms with Crippen molar-refractivity contribution in [2.45, 2.75) is 11.6 Å². The Bertz CT molecular complexity index is 921. The molecule has 0 fully saturated rings. The number of halogens is 1. The Morgan fingerprint density at radius 2 is 2.08 bits per heavy atom. The maximum Gasteiger partial charge on any atom is 0.257 e. The van der Waals surface area contributed by atoms with Crippen molar-refractivity contribution in [2.24, 2.45) is 0 Å². The van der Waals surface area contributed by atoms with Crippen molar-refractivity contribution >= 4 is 46.1 Å². The number of carbonyl (C=O) groups is 1. The number of aromatic nitrogens is 1. The van der Waals surface area contributed by atoms with Crippen LogP contribution in [0.25, 0.3) is 11.1 Å². The van der Waals surface area contributed by atoms with E-state index in [1.165, 1.54) is 11.8 Å². The summed E-state index contributed by atoms with van der Waals surface area (Å²) in [5.74, 6) is 0.0627. The number of nitrogens with zero attached hydrogens (tertiary/aromatic N) is 3. The first-order valence-electron chi connectivity index (χ1n) is 7.58. The Morgan fingerprint density at radius 3 is 2.84 bits per heavy atom. The minimum Gasteiger partial charge on any atom is -0.431 e. The van der Waals surface area contributed by atoms with Crippen LogP contribution >= 0.6 is 23.4 Å². The minimum absolute atomic E-state index is 0.105. The number of para-hydroxylation sites is 1. The Balaban J connectivity index is 1.71. The molecule has 126 valence electrons. The van der Waals surface area contributed by atoms with Gasteiger partial charge in [0.1, 0.15) is 5.52 Å². The van der Waals surface area contributed by atoms with Gasteiger partial charge in [0.2, 0.25) is 5.91 Å². The fraction of sp³-hybridized carbons (Fsp3) is 0.167. The van der Waals surface area contributed by atoms with Crippen LogP contribution < -0.4 is 4.90 Å². The van der Waals surface area contributed by atoms with E-state index in [2.05, 4.69) is 11.1 Å². The third-order valence-electron chi connectivity index (χ3n) is 3.47. The zero-order valence-electron chi connectivity index (χ0n) is 13.2. The molecule has 1 amide bonds. The molecule has 3 rings (SSSR count). The van der Waals surface area contributed by atoms with Crippen LogP contribution in [0.2, 0.25) is 5.02 Å². The molecule has 25 heavy (non-hydrogen) atoms. The summed E-state index contributed by atoms with van der Waals surface area (Å²) in [6.07, 6.45) is 0.271. The van der Waals surface area contributed by atoms with Crippen molar-refractivity contribution < 1.29 is 9.21 Å². The lowest BCUT2D eigenvalue weighted by molar-refractivity contribution is -0.116. The summed E-state index contributed by atoms with van der Waals surface area (Å²) in [4.78, 5) is 18.5. The number of carbonyl (C=O) groups excluding carboxylic acids is 1. The lowest BCUT2D eigenvalue weighted by atomic mass is 10.2. The van der Waals surface area contributed by atoms with Gasteiger partial charge in [-0.3, -0.25) is 4.79 Å². The number of nitriles is 1. The van der Waals surface area contributed by atoms with Crippen molar-refractivity contribution in [3.05, 3.63) is 53.6 Å². The summed E-state index contributed by atoms with van der Waals surface area (Å²) >= 11 is 7.15. The second-order valence-electron chi connectivity index (χ2n) is 5.17. The average molecular weight is 372 g/mol. The quantitative estimate of drug-likeness (QED) is 0.596. The zero-order chi connectivity index (χ0) is 17.6. The standard InChI is InChI=1S/C18H14ClN3O2S/c19-13-7-8-15-16(11-13)24-18(21-15)25-12-17(23)22(10-4-9-20)14-5-2-1-3-6-14/h1-3,5-8,11H,4,10,12H2. The third-order valence-corrected chi connectivity index (χ3v) is 4.51. The van der Waals surface area contributed by atoms with E-state index in [0.29, 0.717) is 27.9 Å². The molecule has 7 heteroatoms. The molecule has 1 heterocycles. The molecule has 0 unspecified atom stereocenters. The lowest BCUT2D eigenvalue weighted by Crippen LogP contribution is -2.33. The van der Waals surface area contributed by atoms with Gasteiger partial charge in [0.25, 0.3) is 5.22 Å². The highest BCUT2D eigenvalue weighted by Gasteiger charge is 2.17. The summed E-state index contributed by atoms with van der Waals surface area (Å²) in [5, 5.41) is 9.81. The van der Waals surface area contributed by atoms with Crippen molar-refractivity contribution in [3.63, 3.8) is 0 Å². The number of rotatable bonds is 6. The van der Waals surface area contributed by atoms with Crippen LogP contribution in [0.1, 0.15) is 6.42 Å². The molecular formula is C18H14ClN3O2S. The van der Waals surface area contributed by atoms with Crippen LogP contribution in [0.3, 0.4) is 0 Å². The van der Waals surface area contributed by atoms with Crippen molar-refractivity contribution in [3.8, 4) is 6.07 Å². The zero-order valence-corrected chi connectivity index (χ0v) is 14.8. The molecule has 0 aliphatic rings. The minimum atomic E-state index is -0.105. The Kier molecular flexibility index (Phi) is 5.59. The van der Waals surface area contributed by atoms with Gasteiger partial charge in [-0.2, -0.15) is 5.26 Å². The van der Waals surface area contributed by atoms with Gasteiger partial charge in [-0.15, -0.1) is 0 Å². The smallest absolute Gasteiger partial charge is 0.257 e. The fourth-order valence-electron chi connectivity index (χ4n) is 2.31. The average Bonchev–Trinajstić information content (AvgIpc) is 3.03. The van der Waals surface area contributed by atoms with Crippen molar-refractivity contribution in [2.75, 3.05) is 17.2 Å². The van der Waals surface area contributed by atoms with E-state index in [4.69, 9.17) is 21.3 Å². The number of hydrogen-bond donors (Lipinski definition) is 0. The van der Waals surface area contributed by atoms with Crippen LogP contribution in [0.5, 0.6) is 0 Å². The molecule has 0 aliphatic heterocycles. The molecule has 0 bridgehead atoms. The predicted molar refractivity (Wildman–Crippen MR) is 98.8 cm³/mol. The number of hydrogen-bond acceptors (Lipinski definition) is 5. The summed E-state index contributed by atoms with van der Waals surface area (Å²) < 4.78 is 5.61. The number of oxazole rings is 1. The van der Waals surface area contributed by atoms with Crippen molar-refractivity contribution in [1.82, 2.24) is 4.98 Å². The molecule has 3 aromatic rings. The Labute approximate surface area is 154 Å². The highest BCUT2D eigenvalue weighted by molar-refractivity contribution is 7.99. The normalized spacial score (nSPS) is 10.6. The van der Waals surface area contributed by atoms with Gasteiger partial charge in [0.15, 0.2) is 5.58 Å². The molecule has 0 spiro atoms. The number of fused-ring (bicyclic) bond motifs is 1. The van der Waals surface area contributed by atoms with E-state index >= 15 is 0 Å². The van der Waals surface area contributed by atoms with Crippen LogP contribution in [0, 0.1) is 11.3 Å². The maximum atomic E-state index is 12.6. The molecule has 1 aromatic heterocycles. The lowest BCUT2D eigenvalue weighted by Gasteiger charge is -2.21. The highest BCUT2D eigenvalue weighted by Crippen LogP contribution is 2.26. The van der Waals surface area contributed by atoms with Crippen molar-refractivity contribution in [1.29, 1.82) is 5.26 Å². The first-order valence-corrected chi connectivity index (χ1v) is 8.95. The van der Waals surface area contributed by atoms with Gasteiger partial charge in [-0.1, -0.05) is 41.6 Å². The summed E-state index contributed by atoms with van der Waals surface area (Å²) in [5.41, 5.74) is 2.06. The van der Waals surface area contributed by atoms with Gasteiger partial charge in [-0.25, -0.2) is 4.98 Å². The van der Waals surface area contributed by atoms with Crippen LogP contribution in [-0.2, 0) is 4.79 Å². The SMILES string of the molecule is N#CCCN(C(=O)CSc1nc2ccc(Cl)cc2o1)c1ccccc1. The molecule has 0 saturated carbocycles. The van der Waals surface area contributed by atoms with Gasteiger partial charge in [0.05, 0.1) is 18.2 Å². The van der Waals surface area contributed by atoms with Gasteiger partial charge >= 0.3 is 0 Å². The van der Waals surface area contributed by atoms with E-state index in [0.717, 1.165) is 5.69 Å². The first-order chi connectivity index (χ1) is 12.2. The van der Waals surface area contributed by atoms with Gasteiger partial charge in [-0.05, 0) is 24.3 Å². The highest BCUT2D eigenvalue weighted by atomic mass is 35.5. The maximum absolute atomic E-state index is 12.6. The van der Waals surface area contributed by atoms with E-state index in [-0.39, 0.29) is 18.1 Å². The number of amides is 1. The molecule has 0 aliphatic carbocycles. The van der Waals surface area contributed by atoms with Crippen LogP contribution in [0.4, 0.5) is 5.69 Å². The van der Waals surface area contributed by atoms with E-state index in [1.54, 1.807) is 23.1 Å². The molecule has 5 nitrogen and oxygen atoms in total. The number of anilines is 1. The third kappa shape index (κ3) is 4.32. The Hall–Kier alpha value is -2.49. The summed E-state index contributed by atoms with van der Waals surface area (Å²) in [6.45, 7) is 0.350. The number of thioether (sulfide) groups is 1. The number of benzene rings is 2. The topological polar surface area (TPSA) is 70.1 Å². The summed E-state index contributed by atoms with van der Waals surface area (Å²) in [7, 11) is 0. The molecule has 2 aromatic carbocycles. The van der Waals surface area contributed by atoms with E-state index in [9.17, 15) is 4.79 Å².